The minimum absolute atomic E-state index is 0.128. The average molecular weight is 299 g/mol. The van der Waals surface area contributed by atoms with Crippen molar-refractivity contribution in [3.05, 3.63) is 42.0 Å². The zero-order valence-electron chi connectivity index (χ0n) is 12.0. The molecular formula is C17H17NO4. The van der Waals surface area contributed by atoms with Crippen molar-refractivity contribution in [1.82, 2.24) is 0 Å². The van der Waals surface area contributed by atoms with Crippen LogP contribution in [0.3, 0.4) is 0 Å². The Morgan fingerprint density at radius 1 is 1.14 bits per heavy atom. The molecule has 0 aromatic heterocycles. The van der Waals surface area contributed by atoms with E-state index in [-0.39, 0.29) is 5.91 Å². The van der Waals surface area contributed by atoms with Crippen LogP contribution >= 0.6 is 0 Å². The number of amides is 1. The van der Waals surface area contributed by atoms with Gasteiger partial charge < -0.3 is 14.7 Å². The van der Waals surface area contributed by atoms with Gasteiger partial charge in [-0.3, -0.25) is 9.59 Å². The van der Waals surface area contributed by atoms with Gasteiger partial charge in [0.05, 0.1) is 18.1 Å². The summed E-state index contributed by atoms with van der Waals surface area (Å²) in [4.78, 5) is 26.3. The third-order valence-electron chi connectivity index (χ3n) is 4.85. The van der Waals surface area contributed by atoms with E-state index >= 15 is 0 Å². The molecule has 0 aliphatic carbocycles. The Labute approximate surface area is 128 Å². The number of carboxylic acid groups (broad SMARTS) is 1. The van der Waals surface area contributed by atoms with Gasteiger partial charge in [0, 0.05) is 12.2 Å². The van der Waals surface area contributed by atoms with Crippen molar-refractivity contribution in [2.75, 3.05) is 11.4 Å². The SMILES string of the molecule is O=C(O)[C@H]1[C@@H](C(=O)N2CCCc3ccccc32)[C@H]2C=C[C@H]1O2. The average Bonchev–Trinajstić information content (AvgIpc) is 3.14. The highest BCUT2D eigenvalue weighted by Gasteiger charge is 2.54. The number of para-hydroxylation sites is 1. The van der Waals surface area contributed by atoms with Crippen LogP contribution in [0.5, 0.6) is 0 Å². The van der Waals surface area contributed by atoms with Crippen LogP contribution in [0.2, 0.25) is 0 Å². The second-order valence-corrected chi connectivity index (χ2v) is 6.06. The first-order valence-corrected chi connectivity index (χ1v) is 7.62. The first-order valence-electron chi connectivity index (χ1n) is 7.62. The van der Waals surface area contributed by atoms with Gasteiger partial charge in [0.2, 0.25) is 5.91 Å². The molecule has 1 N–H and O–H groups in total. The molecule has 5 heteroatoms. The highest BCUT2D eigenvalue weighted by Crippen LogP contribution is 2.41. The fourth-order valence-electron chi connectivity index (χ4n) is 3.84. The van der Waals surface area contributed by atoms with E-state index in [0.717, 1.165) is 24.1 Å². The Kier molecular flexibility index (Phi) is 3.04. The minimum atomic E-state index is -0.958. The summed E-state index contributed by atoms with van der Waals surface area (Å²) < 4.78 is 5.62. The Hall–Kier alpha value is -2.14. The van der Waals surface area contributed by atoms with Crippen LogP contribution < -0.4 is 4.90 Å². The highest BCUT2D eigenvalue weighted by atomic mass is 16.5. The lowest BCUT2D eigenvalue weighted by Gasteiger charge is -2.33. The number of carboxylic acids is 1. The molecule has 2 bridgehead atoms. The topological polar surface area (TPSA) is 66.8 Å². The molecule has 3 aliphatic rings. The fraction of sp³-hybridized carbons (Fsp3) is 0.412. The van der Waals surface area contributed by atoms with Crippen LogP contribution in [0.4, 0.5) is 5.69 Å². The summed E-state index contributed by atoms with van der Waals surface area (Å²) in [6.45, 7) is 0.639. The number of hydrogen-bond acceptors (Lipinski definition) is 3. The first kappa shape index (κ1) is 13.5. The minimum Gasteiger partial charge on any atom is -0.481 e. The molecule has 3 heterocycles. The van der Waals surface area contributed by atoms with Crippen molar-refractivity contribution < 1.29 is 19.4 Å². The maximum Gasteiger partial charge on any atom is 0.310 e. The van der Waals surface area contributed by atoms with Crippen molar-refractivity contribution in [2.45, 2.75) is 25.0 Å². The number of nitrogens with zero attached hydrogens (tertiary/aromatic N) is 1. The Morgan fingerprint density at radius 3 is 2.64 bits per heavy atom. The first-order chi connectivity index (χ1) is 10.7. The molecule has 1 fully saturated rings. The third kappa shape index (κ3) is 1.89. The van der Waals surface area contributed by atoms with Crippen LogP contribution in [0.15, 0.2) is 36.4 Å². The predicted molar refractivity (Wildman–Crippen MR) is 79.5 cm³/mol. The van der Waals surface area contributed by atoms with E-state index in [1.807, 2.05) is 30.3 Å². The number of anilines is 1. The Morgan fingerprint density at radius 2 is 1.86 bits per heavy atom. The summed E-state index contributed by atoms with van der Waals surface area (Å²) in [6.07, 6.45) is 4.55. The van der Waals surface area contributed by atoms with E-state index in [9.17, 15) is 14.7 Å². The van der Waals surface area contributed by atoms with E-state index in [2.05, 4.69) is 0 Å². The zero-order chi connectivity index (χ0) is 15.3. The molecule has 0 unspecified atom stereocenters. The molecular weight excluding hydrogens is 282 g/mol. The summed E-state index contributed by atoms with van der Waals surface area (Å²) in [5, 5.41) is 9.46. The summed E-state index contributed by atoms with van der Waals surface area (Å²) in [5.74, 6) is -2.49. The normalized spacial score (nSPS) is 32.1. The maximum absolute atomic E-state index is 13.0. The zero-order valence-corrected chi connectivity index (χ0v) is 12.0. The van der Waals surface area contributed by atoms with Crippen molar-refractivity contribution >= 4 is 17.6 Å². The van der Waals surface area contributed by atoms with Crippen LogP contribution in [0, 0.1) is 11.8 Å². The number of rotatable bonds is 2. The van der Waals surface area contributed by atoms with Crippen molar-refractivity contribution in [3.8, 4) is 0 Å². The lowest BCUT2D eigenvalue weighted by Crippen LogP contribution is -2.46. The smallest absolute Gasteiger partial charge is 0.310 e. The molecule has 4 atom stereocenters. The monoisotopic (exact) mass is 299 g/mol. The molecule has 5 nitrogen and oxygen atoms in total. The van der Waals surface area contributed by atoms with Crippen molar-refractivity contribution in [2.24, 2.45) is 11.8 Å². The van der Waals surface area contributed by atoms with Gasteiger partial charge in [-0.25, -0.2) is 0 Å². The maximum atomic E-state index is 13.0. The fourth-order valence-corrected chi connectivity index (χ4v) is 3.84. The van der Waals surface area contributed by atoms with Gasteiger partial charge in [-0.05, 0) is 24.5 Å². The molecule has 3 aliphatic heterocycles. The largest absolute Gasteiger partial charge is 0.481 e. The van der Waals surface area contributed by atoms with Crippen molar-refractivity contribution in [3.63, 3.8) is 0 Å². The lowest BCUT2D eigenvalue weighted by atomic mass is 9.81. The van der Waals surface area contributed by atoms with Gasteiger partial charge in [0.1, 0.15) is 5.92 Å². The number of carbonyl (C=O) groups excluding carboxylic acids is 1. The molecule has 1 aromatic rings. The number of hydrogen-bond donors (Lipinski definition) is 1. The van der Waals surface area contributed by atoms with Crippen LogP contribution in [-0.2, 0) is 20.7 Å². The quantitative estimate of drug-likeness (QED) is 0.843. The number of ether oxygens (including phenoxy) is 1. The van der Waals surface area contributed by atoms with Gasteiger partial charge in [-0.2, -0.15) is 0 Å². The molecule has 114 valence electrons. The van der Waals surface area contributed by atoms with Crippen molar-refractivity contribution in [1.29, 1.82) is 0 Å². The number of fused-ring (bicyclic) bond motifs is 3. The predicted octanol–water partition coefficient (Wildman–Crippen LogP) is 1.62. The highest BCUT2D eigenvalue weighted by molar-refractivity contribution is 5.99. The van der Waals surface area contributed by atoms with Gasteiger partial charge in [0.25, 0.3) is 0 Å². The lowest BCUT2D eigenvalue weighted by molar-refractivity contribution is -0.146. The summed E-state index contributed by atoms with van der Waals surface area (Å²) in [7, 11) is 0. The van der Waals surface area contributed by atoms with E-state index in [0.29, 0.717) is 6.54 Å². The van der Waals surface area contributed by atoms with Crippen LogP contribution in [0.25, 0.3) is 0 Å². The summed E-state index contributed by atoms with van der Waals surface area (Å²) in [6, 6.07) is 7.85. The van der Waals surface area contributed by atoms with Gasteiger partial charge in [-0.15, -0.1) is 0 Å². The van der Waals surface area contributed by atoms with E-state index in [1.54, 1.807) is 11.0 Å². The number of benzene rings is 1. The van der Waals surface area contributed by atoms with Gasteiger partial charge in [-0.1, -0.05) is 30.4 Å². The number of aliphatic carboxylic acids is 1. The van der Waals surface area contributed by atoms with E-state index < -0.39 is 30.0 Å². The van der Waals surface area contributed by atoms with Gasteiger partial charge in [0.15, 0.2) is 0 Å². The standard InChI is InChI=1S/C17H17NO4/c19-16(14-12-7-8-13(22-12)15(14)17(20)21)18-9-3-5-10-4-1-2-6-11(10)18/h1-2,4,6-8,12-15H,3,5,9H2,(H,20,21)/t12-,13-,14+,15-/m1/s1. The Bertz CT molecular complexity index is 668. The molecule has 0 radical (unpaired) electrons. The molecule has 4 rings (SSSR count). The molecule has 0 saturated carbocycles. The second kappa shape index (κ2) is 4.95. The van der Waals surface area contributed by atoms with E-state index in [4.69, 9.17) is 4.74 Å². The molecule has 0 spiro atoms. The van der Waals surface area contributed by atoms with Crippen LogP contribution in [0.1, 0.15) is 12.0 Å². The molecule has 22 heavy (non-hydrogen) atoms. The van der Waals surface area contributed by atoms with Crippen LogP contribution in [-0.4, -0.2) is 35.7 Å². The molecule has 1 amide bonds. The number of carbonyl (C=O) groups is 2. The molecule has 1 aromatic carbocycles. The van der Waals surface area contributed by atoms with E-state index in [1.165, 1.54) is 0 Å². The molecule has 1 saturated heterocycles. The summed E-state index contributed by atoms with van der Waals surface area (Å²) >= 11 is 0. The van der Waals surface area contributed by atoms with Gasteiger partial charge >= 0.3 is 5.97 Å². The Balaban J connectivity index is 1.68. The summed E-state index contributed by atoms with van der Waals surface area (Å²) in [5.41, 5.74) is 2.06. The third-order valence-corrected chi connectivity index (χ3v) is 4.85. The number of aryl methyl sites for hydroxylation is 1. The second-order valence-electron chi connectivity index (χ2n) is 6.06.